The van der Waals surface area contributed by atoms with E-state index in [9.17, 15) is 9.59 Å². The fourth-order valence-corrected chi connectivity index (χ4v) is 3.98. The van der Waals surface area contributed by atoms with Gasteiger partial charge in [-0.25, -0.2) is 4.99 Å². The number of amides is 1. The molecule has 4 rings (SSSR count). The molecule has 3 aromatic rings. The van der Waals surface area contributed by atoms with Gasteiger partial charge in [0.15, 0.2) is 5.78 Å². The summed E-state index contributed by atoms with van der Waals surface area (Å²) in [5.41, 5.74) is 2.87. The third-order valence-corrected chi connectivity index (χ3v) is 5.56. The number of methoxy groups -OCH3 is 1. The second kappa shape index (κ2) is 8.49. The van der Waals surface area contributed by atoms with Crippen LogP contribution in [0, 0.1) is 0 Å². The molecule has 0 saturated carbocycles. The van der Waals surface area contributed by atoms with Crippen molar-refractivity contribution in [3.05, 3.63) is 66.2 Å². The minimum atomic E-state index is -0.263. The average Bonchev–Trinajstić information content (AvgIpc) is 2.76. The zero-order valence-electron chi connectivity index (χ0n) is 17.1. The van der Waals surface area contributed by atoms with Crippen LogP contribution in [0.4, 0.5) is 11.4 Å². The molecule has 1 heterocycles. The van der Waals surface area contributed by atoms with Gasteiger partial charge in [-0.05, 0) is 53.6 Å². The van der Waals surface area contributed by atoms with E-state index in [0.717, 1.165) is 28.4 Å². The maximum Gasteiger partial charge on any atom is 0.230 e. The molecular formula is C25H24N2O3. The van der Waals surface area contributed by atoms with Crippen LogP contribution in [0.5, 0.6) is 5.75 Å². The zero-order chi connectivity index (χ0) is 21.1. The summed E-state index contributed by atoms with van der Waals surface area (Å²) in [4.78, 5) is 30.3. The number of nitrogens with zero attached hydrogens (tertiary/aromatic N) is 1. The highest BCUT2D eigenvalue weighted by atomic mass is 16.5. The molecule has 152 valence electrons. The summed E-state index contributed by atoms with van der Waals surface area (Å²) in [7, 11) is 1.59. The highest BCUT2D eigenvalue weighted by Gasteiger charge is 2.25. The van der Waals surface area contributed by atoms with Gasteiger partial charge in [0.25, 0.3) is 0 Å². The van der Waals surface area contributed by atoms with E-state index in [1.807, 2.05) is 18.2 Å². The van der Waals surface area contributed by atoms with Crippen LogP contribution in [-0.4, -0.2) is 24.5 Å². The lowest BCUT2D eigenvalue weighted by atomic mass is 9.85. The largest absolute Gasteiger partial charge is 0.497 e. The summed E-state index contributed by atoms with van der Waals surface area (Å²) < 4.78 is 5.14. The van der Waals surface area contributed by atoms with Gasteiger partial charge in [-0.15, -0.1) is 0 Å². The lowest BCUT2D eigenvalue weighted by molar-refractivity contribution is -0.117. The molecule has 1 amide bonds. The fraction of sp³-hybridized carbons (Fsp3) is 0.240. The van der Waals surface area contributed by atoms with Gasteiger partial charge in [0.2, 0.25) is 5.91 Å². The highest BCUT2D eigenvalue weighted by Crippen LogP contribution is 2.38. The number of aliphatic imine (C=N–C) groups is 1. The Bertz CT molecular complexity index is 1130. The van der Waals surface area contributed by atoms with Crippen LogP contribution >= 0.6 is 0 Å². The molecule has 5 heteroatoms. The number of anilines is 1. The minimum Gasteiger partial charge on any atom is -0.497 e. The van der Waals surface area contributed by atoms with Gasteiger partial charge in [0.1, 0.15) is 5.75 Å². The van der Waals surface area contributed by atoms with E-state index in [2.05, 4.69) is 35.4 Å². The Morgan fingerprint density at radius 3 is 2.53 bits per heavy atom. The number of hydrogen-bond donors (Lipinski definition) is 1. The van der Waals surface area contributed by atoms with E-state index < -0.39 is 0 Å². The monoisotopic (exact) mass is 400 g/mol. The molecular weight excluding hydrogens is 376 g/mol. The fourth-order valence-electron chi connectivity index (χ4n) is 3.98. The molecule has 1 atom stereocenters. The molecule has 1 aliphatic rings. The van der Waals surface area contributed by atoms with E-state index in [4.69, 9.17) is 4.74 Å². The van der Waals surface area contributed by atoms with Crippen LogP contribution in [0.25, 0.3) is 10.8 Å². The summed E-state index contributed by atoms with van der Waals surface area (Å²) in [6.07, 6.45) is 1.16. The standard InChI is InChI=1S/C25H24N2O3/c1-3-16-14-23(28)22(15-24(29)26-18-10-12-19(30-2)13-11-18)27-21-9-5-7-17-6-4-8-20(16)25(17)21/h4-13,16H,3,14-15H2,1-2H3,(H,26,29). The lowest BCUT2D eigenvalue weighted by Gasteiger charge is -2.21. The molecule has 0 bridgehead atoms. The Morgan fingerprint density at radius 2 is 1.83 bits per heavy atom. The minimum absolute atomic E-state index is 0.0557. The van der Waals surface area contributed by atoms with Crippen molar-refractivity contribution in [3.63, 3.8) is 0 Å². The van der Waals surface area contributed by atoms with E-state index >= 15 is 0 Å². The lowest BCUT2D eigenvalue weighted by Crippen LogP contribution is -2.24. The Labute approximate surface area is 175 Å². The van der Waals surface area contributed by atoms with Gasteiger partial charge in [0.05, 0.1) is 24.9 Å². The van der Waals surface area contributed by atoms with Crippen molar-refractivity contribution < 1.29 is 14.3 Å². The van der Waals surface area contributed by atoms with Crippen molar-refractivity contribution in [2.75, 3.05) is 12.4 Å². The van der Waals surface area contributed by atoms with Crippen molar-refractivity contribution in [2.24, 2.45) is 4.99 Å². The predicted octanol–water partition coefficient (Wildman–Crippen LogP) is 5.42. The third kappa shape index (κ3) is 3.96. The van der Waals surface area contributed by atoms with Crippen LogP contribution in [0.2, 0.25) is 0 Å². The van der Waals surface area contributed by atoms with Crippen LogP contribution in [0.1, 0.15) is 37.7 Å². The Kier molecular flexibility index (Phi) is 5.61. The topological polar surface area (TPSA) is 67.8 Å². The molecule has 0 fully saturated rings. The number of nitrogens with one attached hydrogen (secondary N) is 1. The van der Waals surface area contributed by atoms with E-state index in [-0.39, 0.29) is 24.0 Å². The number of ether oxygens (including phenoxy) is 1. The second-order valence-electron chi connectivity index (χ2n) is 7.47. The summed E-state index contributed by atoms with van der Waals surface area (Å²) in [6, 6.07) is 19.2. The van der Waals surface area contributed by atoms with Gasteiger partial charge in [0, 0.05) is 17.5 Å². The van der Waals surface area contributed by atoms with Gasteiger partial charge in [-0.3, -0.25) is 9.59 Å². The first-order valence-corrected chi connectivity index (χ1v) is 10.2. The SMILES string of the molecule is CCC1CC(=O)C(CC(=O)Nc2ccc(OC)cc2)=Nc2cccc3cccc1c23. The first-order chi connectivity index (χ1) is 14.6. The quantitative estimate of drug-likeness (QED) is 0.622. The van der Waals surface area contributed by atoms with Crippen LogP contribution < -0.4 is 10.1 Å². The Hall–Kier alpha value is -3.47. The van der Waals surface area contributed by atoms with Gasteiger partial charge in [-0.2, -0.15) is 0 Å². The molecule has 3 aromatic carbocycles. The number of benzene rings is 3. The maximum atomic E-state index is 13.0. The van der Waals surface area contributed by atoms with E-state index in [1.165, 1.54) is 0 Å². The maximum absolute atomic E-state index is 13.0. The van der Waals surface area contributed by atoms with Crippen LogP contribution in [0.3, 0.4) is 0 Å². The van der Waals surface area contributed by atoms with Crippen LogP contribution in [0.15, 0.2) is 65.7 Å². The molecule has 1 aliphatic heterocycles. The molecule has 0 aliphatic carbocycles. The van der Waals surface area contributed by atoms with E-state index in [0.29, 0.717) is 23.6 Å². The molecule has 0 saturated heterocycles. The number of carbonyl (C=O) groups excluding carboxylic acids is 2. The van der Waals surface area contributed by atoms with Gasteiger partial charge >= 0.3 is 0 Å². The summed E-state index contributed by atoms with van der Waals surface area (Å²) in [6.45, 7) is 2.09. The molecule has 0 radical (unpaired) electrons. The number of hydrogen-bond acceptors (Lipinski definition) is 4. The van der Waals surface area contributed by atoms with Crippen molar-refractivity contribution in [1.29, 1.82) is 0 Å². The summed E-state index contributed by atoms with van der Waals surface area (Å²) >= 11 is 0. The predicted molar refractivity (Wildman–Crippen MR) is 120 cm³/mol. The molecule has 1 N–H and O–H groups in total. The van der Waals surface area contributed by atoms with E-state index in [1.54, 1.807) is 31.4 Å². The van der Waals surface area contributed by atoms with Gasteiger partial charge < -0.3 is 10.1 Å². The zero-order valence-corrected chi connectivity index (χ0v) is 17.1. The van der Waals surface area contributed by atoms with Gasteiger partial charge in [-0.1, -0.05) is 37.3 Å². The van der Waals surface area contributed by atoms with Crippen molar-refractivity contribution in [3.8, 4) is 5.75 Å². The molecule has 30 heavy (non-hydrogen) atoms. The first-order valence-electron chi connectivity index (χ1n) is 10.2. The first kappa shape index (κ1) is 19.8. The molecule has 1 unspecified atom stereocenters. The second-order valence-corrected chi connectivity index (χ2v) is 7.47. The highest BCUT2D eigenvalue weighted by molar-refractivity contribution is 6.44. The Morgan fingerprint density at radius 1 is 1.10 bits per heavy atom. The van der Waals surface area contributed by atoms with Crippen molar-refractivity contribution >= 4 is 39.5 Å². The van der Waals surface area contributed by atoms with Crippen molar-refractivity contribution in [2.45, 2.75) is 32.1 Å². The number of Topliss-reactive ketones (excluding diaryl/α,β-unsaturated/α-hetero) is 1. The number of carbonyl (C=O) groups is 2. The number of rotatable bonds is 5. The molecule has 5 nitrogen and oxygen atoms in total. The average molecular weight is 400 g/mol. The smallest absolute Gasteiger partial charge is 0.230 e. The Balaban J connectivity index is 1.66. The number of ketones is 1. The molecule has 0 spiro atoms. The third-order valence-electron chi connectivity index (χ3n) is 5.56. The summed E-state index contributed by atoms with van der Waals surface area (Å²) in [5.74, 6) is 0.488. The normalized spacial score (nSPS) is 15.9. The molecule has 0 aromatic heterocycles. The van der Waals surface area contributed by atoms with Crippen molar-refractivity contribution in [1.82, 2.24) is 0 Å². The van der Waals surface area contributed by atoms with Crippen LogP contribution in [-0.2, 0) is 9.59 Å². The summed E-state index contributed by atoms with van der Waals surface area (Å²) in [5, 5.41) is 5.02.